The number of para-hydroxylation sites is 2. The molecule has 112 valence electrons. The Kier molecular flexibility index (Phi) is 3.01. The van der Waals surface area contributed by atoms with E-state index in [4.69, 9.17) is 0 Å². The van der Waals surface area contributed by atoms with E-state index in [1.54, 1.807) is 24.3 Å². The lowest BCUT2D eigenvalue weighted by Crippen LogP contribution is -2.23. The van der Waals surface area contributed by atoms with Crippen molar-refractivity contribution in [3.8, 4) is 0 Å². The van der Waals surface area contributed by atoms with Crippen molar-refractivity contribution < 1.29 is 4.79 Å². The van der Waals surface area contributed by atoms with Crippen molar-refractivity contribution in [2.45, 2.75) is 6.42 Å². The maximum atomic E-state index is 12.7. The van der Waals surface area contributed by atoms with Crippen LogP contribution in [0, 0.1) is 0 Å². The summed E-state index contributed by atoms with van der Waals surface area (Å²) in [6, 6.07) is 16.2. The van der Waals surface area contributed by atoms with Gasteiger partial charge in [0, 0.05) is 5.56 Å². The van der Waals surface area contributed by atoms with Gasteiger partial charge in [-0.3, -0.25) is 9.59 Å². The van der Waals surface area contributed by atoms with Gasteiger partial charge in [0.1, 0.15) is 5.69 Å². The Morgan fingerprint density at radius 1 is 1.04 bits per heavy atom. The minimum atomic E-state index is -0.322. The second kappa shape index (κ2) is 5.17. The SMILES string of the molecule is O=C(Cc1n[nH]c2nc3ccccc3n2c1=O)c1ccccc1. The summed E-state index contributed by atoms with van der Waals surface area (Å²) in [6.45, 7) is 0. The number of benzene rings is 2. The highest BCUT2D eigenvalue weighted by Crippen LogP contribution is 2.12. The summed E-state index contributed by atoms with van der Waals surface area (Å²) < 4.78 is 1.45. The molecule has 2 heterocycles. The molecule has 0 aliphatic heterocycles. The number of aromatic nitrogens is 4. The highest BCUT2D eigenvalue weighted by Gasteiger charge is 2.15. The van der Waals surface area contributed by atoms with Crippen molar-refractivity contribution in [1.82, 2.24) is 19.6 Å². The lowest BCUT2D eigenvalue weighted by molar-refractivity contribution is 0.0991. The molecule has 0 saturated heterocycles. The van der Waals surface area contributed by atoms with Gasteiger partial charge in [-0.25, -0.2) is 14.5 Å². The number of nitrogens with zero attached hydrogens (tertiary/aromatic N) is 3. The van der Waals surface area contributed by atoms with Crippen LogP contribution in [0.15, 0.2) is 59.4 Å². The summed E-state index contributed by atoms with van der Waals surface area (Å²) in [4.78, 5) is 29.3. The molecule has 0 aliphatic rings. The number of carbonyl (C=O) groups excluding carboxylic acids is 1. The van der Waals surface area contributed by atoms with E-state index in [1.807, 2.05) is 30.3 Å². The first kappa shape index (κ1) is 13.4. The number of carbonyl (C=O) groups is 1. The van der Waals surface area contributed by atoms with Gasteiger partial charge in [-0.05, 0) is 12.1 Å². The third-order valence-corrected chi connectivity index (χ3v) is 3.73. The molecule has 0 amide bonds. The number of imidazole rings is 1. The van der Waals surface area contributed by atoms with Crippen LogP contribution in [0.1, 0.15) is 16.1 Å². The summed E-state index contributed by atoms with van der Waals surface area (Å²) in [6.07, 6.45) is -0.0538. The summed E-state index contributed by atoms with van der Waals surface area (Å²) in [7, 11) is 0. The first-order chi connectivity index (χ1) is 11.2. The highest BCUT2D eigenvalue weighted by molar-refractivity contribution is 5.97. The molecule has 0 atom stereocenters. The predicted molar refractivity (Wildman–Crippen MR) is 85.6 cm³/mol. The van der Waals surface area contributed by atoms with Crippen LogP contribution in [0.4, 0.5) is 0 Å². The van der Waals surface area contributed by atoms with Crippen molar-refractivity contribution in [2.24, 2.45) is 0 Å². The molecule has 0 radical (unpaired) electrons. The molecule has 0 fully saturated rings. The van der Waals surface area contributed by atoms with Crippen LogP contribution >= 0.6 is 0 Å². The molecule has 6 nitrogen and oxygen atoms in total. The Morgan fingerprint density at radius 2 is 1.78 bits per heavy atom. The molecular weight excluding hydrogens is 292 g/mol. The number of nitrogens with one attached hydrogen (secondary N) is 1. The van der Waals surface area contributed by atoms with Crippen LogP contribution in [0.5, 0.6) is 0 Å². The average molecular weight is 304 g/mol. The van der Waals surface area contributed by atoms with E-state index in [0.29, 0.717) is 22.4 Å². The van der Waals surface area contributed by atoms with E-state index in [2.05, 4.69) is 15.2 Å². The second-order valence-electron chi connectivity index (χ2n) is 5.20. The fourth-order valence-corrected chi connectivity index (χ4v) is 2.59. The van der Waals surface area contributed by atoms with E-state index >= 15 is 0 Å². The van der Waals surface area contributed by atoms with Crippen molar-refractivity contribution in [1.29, 1.82) is 0 Å². The fourth-order valence-electron chi connectivity index (χ4n) is 2.59. The van der Waals surface area contributed by atoms with Crippen LogP contribution in [0.25, 0.3) is 16.8 Å². The lowest BCUT2D eigenvalue weighted by atomic mass is 10.1. The van der Waals surface area contributed by atoms with Gasteiger partial charge >= 0.3 is 0 Å². The Morgan fingerprint density at radius 3 is 2.61 bits per heavy atom. The Bertz CT molecular complexity index is 1080. The largest absolute Gasteiger partial charge is 0.294 e. The second-order valence-corrected chi connectivity index (χ2v) is 5.20. The topological polar surface area (TPSA) is 80.1 Å². The zero-order chi connectivity index (χ0) is 15.8. The number of rotatable bonds is 3. The number of fused-ring (bicyclic) bond motifs is 3. The van der Waals surface area contributed by atoms with Gasteiger partial charge in [-0.15, -0.1) is 0 Å². The number of hydrogen-bond donors (Lipinski definition) is 1. The zero-order valence-corrected chi connectivity index (χ0v) is 12.1. The molecule has 2 aromatic carbocycles. The van der Waals surface area contributed by atoms with E-state index in [9.17, 15) is 9.59 Å². The summed E-state index contributed by atoms with van der Waals surface area (Å²) >= 11 is 0. The summed E-state index contributed by atoms with van der Waals surface area (Å²) in [5.74, 6) is 0.222. The van der Waals surface area contributed by atoms with Crippen LogP contribution in [0.3, 0.4) is 0 Å². The number of aromatic amines is 1. The van der Waals surface area contributed by atoms with Crippen molar-refractivity contribution in [3.05, 3.63) is 76.2 Å². The molecule has 1 N–H and O–H groups in total. The van der Waals surface area contributed by atoms with Crippen LogP contribution in [-0.2, 0) is 6.42 Å². The molecule has 6 heteroatoms. The molecule has 23 heavy (non-hydrogen) atoms. The first-order valence-electron chi connectivity index (χ1n) is 7.17. The summed E-state index contributed by atoms with van der Waals surface area (Å²) in [5.41, 5.74) is 1.81. The first-order valence-corrected chi connectivity index (χ1v) is 7.17. The molecule has 4 rings (SSSR count). The van der Waals surface area contributed by atoms with Crippen LogP contribution < -0.4 is 5.56 Å². The Hall–Kier alpha value is -3.28. The van der Waals surface area contributed by atoms with Crippen LogP contribution in [-0.4, -0.2) is 25.4 Å². The van der Waals surface area contributed by atoms with Crippen molar-refractivity contribution >= 4 is 22.6 Å². The van der Waals surface area contributed by atoms with Crippen LogP contribution in [0.2, 0.25) is 0 Å². The molecule has 0 bridgehead atoms. The van der Waals surface area contributed by atoms with Gasteiger partial charge in [0.15, 0.2) is 5.78 Å². The molecule has 0 saturated carbocycles. The van der Waals surface area contributed by atoms with E-state index in [0.717, 1.165) is 0 Å². The van der Waals surface area contributed by atoms with Gasteiger partial charge in [0.2, 0.25) is 5.78 Å². The minimum absolute atomic E-state index is 0.0538. The van der Waals surface area contributed by atoms with Gasteiger partial charge in [0.05, 0.1) is 17.5 Å². The summed E-state index contributed by atoms with van der Waals surface area (Å²) in [5, 5.41) is 6.78. The minimum Gasteiger partial charge on any atom is -0.294 e. The van der Waals surface area contributed by atoms with Gasteiger partial charge < -0.3 is 0 Å². The van der Waals surface area contributed by atoms with Gasteiger partial charge in [-0.1, -0.05) is 42.5 Å². The normalized spacial score (nSPS) is 11.1. The Balaban J connectivity index is 1.82. The fraction of sp³-hybridized carbons (Fsp3) is 0.0588. The van der Waals surface area contributed by atoms with Crippen molar-refractivity contribution in [3.63, 3.8) is 0 Å². The van der Waals surface area contributed by atoms with E-state index < -0.39 is 0 Å². The molecular formula is C17H12N4O2. The van der Waals surface area contributed by atoms with Crippen molar-refractivity contribution in [2.75, 3.05) is 0 Å². The monoisotopic (exact) mass is 304 g/mol. The molecule has 2 aromatic heterocycles. The third-order valence-electron chi connectivity index (χ3n) is 3.73. The zero-order valence-electron chi connectivity index (χ0n) is 12.1. The lowest BCUT2D eigenvalue weighted by Gasteiger charge is -2.01. The van der Waals surface area contributed by atoms with Gasteiger partial charge in [-0.2, -0.15) is 5.10 Å². The number of H-pyrrole nitrogens is 1. The van der Waals surface area contributed by atoms with E-state index in [-0.39, 0.29) is 23.5 Å². The number of ketones is 1. The highest BCUT2D eigenvalue weighted by atomic mass is 16.1. The number of Topliss-reactive ketones (excluding diaryl/α,β-unsaturated/α-hetero) is 1. The molecule has 0 unspecified atom stereocenters. The molecule has 0 spiro atoms. The number of hydrogen-bond acceptors (Lipinski definition) is 4. The van der Waals surface area contributed by atoms with E-state index in [1.165, 1.54) is 4.40 Å². The molecule has 0 aliphatic carbocycles. The van der Waals surface area contributed by atoms with Gasteiger partial charge in [0.25, 0.3) is 5.56 Å². The standard InChI is InChI=1S/C17H12N4O2/c22-15(11-6-2-1-3-7-11)10-13-16(23)21-14-9-5-4-8-12(14)18-17(21)20-19-13/h1-9H,10H2,(H,18,20). The quantitative estimate of drug-likeness (QED) is 0.587. The smallest absolute Gasteiger partial charge is 0.281 e. The predicted octanol–water partition coefficient (Wildman–Crippen LogP) is 2.00. The third kappa shape index (κ3) is 2.20. The maximum absolute atomic E-state index is 12.7. The average Bonchev–Trinajstić information content (AvgIpc) is 2.97. The molecule has 4 aromatic rings. The Labute approximate surface area is 130 Å². The maximum Gasteiger partial charge on any atom is 0.281 e.